The van der Waals surface area contributed by atoms with Crippen LogP contribution in [0.15, 0.2) is 65.6 Å². The fourth-order valence-corrected chi connectivity index (χ4v) is 3.94. The van der Waals surface area contributed by atoms with E-state index in [1.807, 2.05) is 42.2 Å². The Morgan fingerprint density at radius 1 is 1.04 bits per heavy atom. The summed E-state index contributed by atoms with van der Waals surface area (Å²) in [5.41, 5.74) is 1.28. The first kappa shape index (κ1) is 18.8. The van der Waals surface area contributed by atoms with Gasteiger partial charge in [-0.05, 0) is 61.9 Å². The first-order valence-electron chi connectivity index (χ1n) is 8.36. The summed E-state index contributed by atoms with van der Waals surface area (Å²) in [6.45, 7) is 4.20. The van der Waals surface area contributed by atoms with Crippen molar-refractivity contribution in [3.05, 3.63) is 72.0 Å². The zero-order valence-corrected chi connectivity index (χ0v) is 15.7. The highest BCUT2D eigenvalue weighted by atomic mass is 32.2. The molecular formula is C19H19FN4O2S. The lowest BCUT2D eigenvalue weighted by molar-refractivity contribution is 0.598. The van der Waals surface area contributed by atoms with Crippen molar-refractivity contribution in [1.82, 2.24) is 10.2 Å². The molecule has 0 radical (unpaired) electrons. The number of hydrogen-bond donors (Lipinski definition) is 1. The van der Waals surface area contributed by atoms with Crippen LogP contribution in [-0.2, 0) is 10.0 Å². The summed E-state index contributed by atoms with van der Waals surface area (Å²) in [5.74, 6) is 0.201. The van der Waals surface area contributed by atoms with Crippen molar-refractivity contribution in [2.24, 2.45) is 0 Å². The Labute approximate surface area is 157 Å². The zero-order chi connectivity index (χ0) is 19.4. The third-order valence-corrected chi connectivity index (χ3v) is 5.49. The summed E-state index contributed by atoms with van der Waals surface area (Å²) in [6, 6.07) is 16.4. The molecule has 0 aliphatic heterocycles. The number of nitrogens with one attached hydrogen (secondary N) is 1. The number of aromatic nitrogens is 2. The molecule has 27 heavy (non-hydrogen) atoms. The lowest BCUT2D eigenvalue weighted by atomic mass is 10.2. The number of sulfonamides is 1. The van der Waals surface area contributed by atoms with E-state index < -0.39 is 15.8 Å². The van der Waals surface area contributed by atoms with Gasteiger partial charge in [-0.25, -0.2) is 12.8 Å². The van der Waals surface area contributed by atoms with Crippen molar-refractivity contribution in [3.8, 4) is 0 Å². The van der Waals surface area contributed by atoms with Crippen LogP contribution in [0.5, 0.6) is 0 Å². The molecule has 3 rings (SSSR count). The highest BCUT2D eigenvalue weighted by molar-refractivity contribution is 7.92. The second kappa shape index (κ2) is 7.71. The maximum absolute atomic E-state index is 13.2. The number of aryl methyl sites for hydroxylation is 1. The number of halogens is 1. The molecular weight excluding hydrogens is 367 g/mol. The second-order valence-electron chi connectivity index (χ2n) is 5.87. The van der Waals surface area contributed by atoms with E-state index >= 15 is 0 Å². The van der Waals surface area contributed by atoms with E-state index in [-0.39, 0.29) is 10.7 Å². The van der Waals surface area contributed by atoms with Gasteiger partial charge in [0, 0.05) is 12.2 Å². The lowest BCUT2D eigenvalue weighted by Crippen LogP contribution is -2.19. The Morgan fingerprint density at radius 2 is 1.78 bits per heavy atom. The fourth-order valence-electron chi connectivity index (χ4n) is 2.72. The predicted molar refractivity (Wildman–Crippen MR) is 103 cm³/mol. The first-order valence-corrected chi connectivity index (χ1v) is 9.84. The average molecular weight is 386 g/mol. The number of hydrogen-bond acceptors (Lipinski definition) is 5. The Morgan fingerprint density at radius 3 is 2.37 bits per heavy atom. The smallest absolute Gasteiger partial charge is 0.263 e. The van der Waals surface area contributed by atoms with Crippen molar-refractivity contribution in [2.75, 3.05) is 16.2 Å². The largest absolute Gasteiger partial charge is 0.325 e. The fraction of sp³-hybridized carbons (Fsp3) is 0.158. The van der Waals surface area contributed by atoms with Crippen LogP contribution in [-0.4, -0.2) is 25.2 Å². The van der Waals surface area contributed by atoms with Gasteiger partial charge >= 0.3 is 0 Å². The van der Waals surface area contributed by atoms with Crippen molar-refractivity contribution < 1.29 is 12.8 Å². The number of benzene rings is 2. The van der Waals surface area contributed by atoms with Gasteiger partial charge in [0.2, 0.25) is 0 Å². The van der Waals surface area contributed by atoms with Gasteiger partial charge in [0.1, 0.15) is 5.82 Å². The van der Waals surface area contributed by atoms with E-state index in [1.54, 1.807) is 12.1 Å². The van der Waals surface area contributed by atoms with Gasteiger partial charge in [-0.1, -0.05) is 18.2 Å². The maximum Gasteiger partial charge on any atom is 0.263 e. The van der Waals surface area contributed by atoms with Crippen LogP contribution in [0.4, 0.5) is 21.7 Å². The van der Waals surface area contributed by atoms with Crippen LogP contribution in [0.3, 0.4) is 0 Å². The molecule has 0 aliphatic carbocycles. The number of anilines is 3. The minimum absolute atomic E-state index is 0.00533. The molecule has 2 aromatic carbocycles. The molecule has 140 valence electrons. The second-order valence-corrected chi connectivity index (χ2v) is 7.52. The summed E-state index contributed by atoms with van der Waals surface area (Å²) in [7, 11) is -3.88. The van der Waals surface area contributed by atoms with Gasteiger partial charge in [0.05, 0.1) is 4.90 Å². The summed E-state index contributed by atoms with van der Waals surface area (Å²) >= 11 is 0. The van der Waals surface area contributed by atoms with Gasteiger partial charge in [-0.2, -0.15) is 0 Å². The van der Waals surface area contributed by atoms with E-state index in [0.29, 0.717) is 17.9 Å². The monoisotopic (exact) mass is 386 g/mol. The standard InChI is InChI=1S/C19H19FN4O2S/c1-3-24(16-7-5-4-6-8-16)19-12-11-18(21-22-19)23-27(25,26)17-10-9-15(20)13-14(17)2/h4-13H,3H2,1-2H3,(H,21,23). The molecule has 1 heterocycles. The van der Waals surface area contributed by atoms with E-state index in [2.05, 4.69) is 14.9 Å². The Hall–Kier alpha value is -3.00. The Bertz CT molecular complexity index is 1030. The number of nitrogens with zero attached hydrogens (tertiary/aromatic N) is 3. The van der Waals surface area contributed by atoms with Crippen LogP contribution < -0.4 is 9.62 Å². The molecule has 0 saturated carbocycles. The van der Waals surface area contributed by atoms with Crippen LogP contribution in [0.1, 0.15) is 12.5 Å². The molecule has 0 fully saturated rings. The summed E-state index contributed by atoms with van der Waals surface area (Å²) < 4.78 is 40.6. The van der Waals surface area contributed by atoms with Crippen molar-refractivity contribution >= 4 is 27.3 Å². The van der Waals surface area contributed by atoms with Gasteiger partial charge < -0.3 is 4.90 Å². The summed E-state index contributed by atoms with van der Waals surface area (Å²) in [5, 5.41) is 8.10. The van der Waals surface area contributed by atoms with Gasteiger partial charge in [-0.15, -0.1) is 10.2 Å². The molecule has 1 N–H and O–H groups in total. The van der Waals surface area contributed by atoms with Gasteiger partial charge in [-0.3, -0.25) is 4.72 Å². The van der Waals surface area contributed by atoms with Crippen molar-refractivity contribution in [1.29, 1.82) is 0 Å². The van der Waals surface area contributed by atoms with Crippen LogP contribution >= 0.6 is 0 Å². The topological polar surface area (TPSA) is 75.2 Å². The van der Waals surface area contributed by atoms with Crippen LogP contribution in [0.2, 0.25) is 0 Å². The predicted octanol–water partition coefficient (Wildman–Crippen LogP) is 3.88. The highest BCUT2D eigenvalue weighted by Crippen LogP contribution is 2.24. The van der Waals surface area contributed by atoms with Crippen LogP contribution in [0.25, 0.3) is 0 Å². The first-order chi connectivity index (χ1) is 12.9. The highest BCUT2D eigenvalue weighted by Gasteiger charge is 2.18. The Balaban J connectivity index is 1.83. The molecule has 0 bridgehead atoms. The molecule has 0 atom stereocenters. The molecule has 6 nitrogen and oxygen atoms in total. The molecule has 3 aromatic rings. The van der Waals surface area contributed by atoms with Crippen LogP contribution in [0, 0.1) is 12.7 Å². The molecule has 0 saturated heterocycles. The van der Waals surface area contributed by atoms with Gasteiger partial charge in [0.15, 0.2) is 11.6 Å². The molecule has 8 heteroatoms. The van der Waals surface area contributed by atoms with E-state index in [4.69, 9.17) is 0 Å². The quantitative estimate of drug-likeness (QED) is 0.696. The number of rotatable bonds is 6. The lowest BCUT2D eigenvalue weighted by Gasteiger charge is -2.21. The summed E-state index contributed by atoms with van der Waals surface area (Å²) in [6.07, 6.45) is 0. The third-order valence-electron chi connectivity index (χ3n) is 3.98. The minimum atomic E-state index is -3.88. The van der Waals surface area contributed by atoms with E-state index in [0.717, 1.165) is 11.8 Å². The molecule has 0 amide bonds. The third kappa shape index (κ3) is 4.22. The minimum Gasteiger partial charge on any atom is -0.325 e. The molecule has 0 aliphatic rings. The normalized spacial score (nSPS) is 11.2. The summed E-state index contributed by atoms with van der Waals surface area (Å²) in [4.78, 5) is 1.95. The molecule has 1 aromatic heterocycles. The molecule has 0 unspecified atom stereocenters. The van der Waals surface area contributed by atoms with E-state index in [9.17, 15) is 12.8 Å². The van der Waals surface area contributed by atoms with Gasteiger partial charge in [0.25, 0.3) is 10.0 Å². The SMILES string of the molecule is CCN(c1ccccc1)c1ccc(NS(=O)(=O)c2ccc(F)cc2C)nn1. The molecule has 0 spiro atoms. The number of para-hydroxylation sites is 1. The van der Waals surface area contributed by atoms with Crippen molar-refractivity contribution in [3.63, 3.8) is 0 Å². The average Bonchev–Trinajstić information content (AvgIpc) is 2.64. The Kier molecular flexibility index (Phi) is 5.36. The zero-order valence-electron chi connectivity index (χ0n) is 14.9. The maximum atomic E-state index is 13.2. The van der Waals surface area contributed by atoms with Crippen molar-refractivity contribution in [2.45, 2.75) is 18.7 Å². The van der Waals surface area contributed by atoms with E-state index in [1.165, 1.54) is 19.1 Å².